The highest BCUT2D eigenvalue weighted by Gasteiger charge is 2.28. The Hall–Kier alpha value is -2.87. The summed E-state index contributed by atoms with van der Waals surface area (Å²) in [4.78, 5) is 12.9. The molecule has 0 radical (unpaired) electrons. The van der Waals surface area contributed by atoms with Crippen LogP contribution >= 0.6 is 27.5 Å². The molecule has 0 amide bonds. The highest BCUT2D eigenvalue weighted by molar-refractivity contribution is 9.10. The summed E-state index contributed by atoms with van der Waals surface area (Å²) in [5, 5.41) is 0.285. The van der Waals surface area contributed by atoms with E-state index in [1.54, 1.807) is 30.3 Å². The van der Waals surface area contributed by atoms with Crippen LogP contribution in [-0.4, -0.2) is 12.6 Å². The zero-order valence-electron chi connectivity index (χ0n) is 16.5. The van der Waals surface area contributed by atoms with E-state index < -0.39 is 5.82 Å². The lowest BCUT2D eigenvalue weighted by molar-refractivity contribution is -0.0165. The van der Waals surface area contributed by atoms with E-state index in [0.717, 1.165) is 15.6 Å². The van der Waals surface area contributed by atoms with Crippen molar-refractivity contribution in [3.05, 3.63) is 91.9 Å². The number of benzene rings is 3. The molecule has 5 nitrogen and oxygen atoms in total. The van der Waals surface area contributed by atoms with Crippen LogP contribution in [0.15, 0.2) is 58.8 Å². The summed E-state index contributed by atoms with van der Waals surface area (Å²) in [5.74, 6) is 1.12. The average molecular weight is 518 g/mol. The number of ketones is 1. The molecule has 0 aromatic heterocycles. The number of ether oxygens (including phenoxy) is 4. The first kappa shape index (κ1) is 21.0. The van der Waals surface area contributed by atoms with Gasteiger partial charge in [-0.15, -0.1) is 0 Å². The molecular weight excluding hydrogens is 503 g/mol. The highest BCUT2D eigenvalue weighted by Crippen LogP contribution is 2.38. The predicted octanol–water partition coefficient (Wildman–Crippen LogP) is 6.30. The van der Waals surface area contributed by atoms with E-state index in [1.807, 2.05) is 12.1 Å². The second-order valence-electron chi connectivity index (χ2n) is 7.22. The van der Waals surface area contributed by atoms with Crippen molar-refractivity contribution in [1.29, 1.82) is 0 Å². The van der Waals surface area contributed by atoms with Gasteiger partial charge in [0.2, 0.25) is 5.78 Å². The van der Waals surface area contributed by atoms with Crippen molar-refractivity contribution in [1.82, 2.24) is 0 Å². The van der Waals surface area contributed by atoms with Crippen molar-refractivity contribution in [3.8, 4) is 17.2 Å². The van der Waals surface area contributed by atoms with Gasteiger partial charge in [-0.3, -0.25) is 4.79 Å². The quantitative estimate of drug-likeness (QED) is 0.380. The average Bonchev–Trinajstić information content (AvgIpc) is 3.07. The van der Waals surface area contributed by atoms with Crippen molar-refractivity contribution in [2.24, 2.45) is 0 Å². The summed E-state index contributed by atoms with van der Waals surface area (Å²) in [6.07, 6.45) is 1.66. The van der Waals surface area contributed by atoms with Crippen molar-refractivity contribution < 1.29 is 28.1 Å². The fourth-order valence-corrected chi connectivity index (χ4v) is 4.26. The molecule has 0 saturated heterocycles. The normalized spacial score (nSPS) is 15.7. The summed E-state index contributed by atoms with van der Waals surface area (Å²) in [6.45, 7) is 0.732. The van der Waals surface area contributed by atoms with Crippen LogP contribution in [0.5, 0.6) is 17.2 Å². The van der Waals surface area contributed by atoms with Gasteiger partial charge in [-0.1, -0.05) is 33.6 Å². The fourth-order valence-electron chi connectivity index (χ4n) is 3.51. The van der Waals surface area contributed by atoms with E-state index in [2.05, 4.69) is 15.9 Å². The first-order chi connectivity index (χ1) is 15.5. The van der Waals surface area contributed by atoms with E-state index in [1.165, 1.54) is 12.1 Å². The van der Waals surface area contributed by atoms with E-state index in [-0.39, 0.29) is 30.0 Å². The Kier molecular flexibility index (Phi) is 5.63. The van der Waals surface area contributed by atoms with Crippen LogP contribution in [0.1, 0.15) is 27.0 Å². The van der Waals surface area contributed by atoms with Crippen LogP contribution in [0.2, 0.25) is 5.02 Å². The number of allylic oxidation sites excluding steroid dienone is 1. The van der Waals surface area contributed by atoms with Gasteiger partial charge >= 0.3 is 0 Å². The van der Waals surface area contributed by atoms with Crippen LogP contribution in [0, 0.1) is 5.82 Å². The largest absolute Gasteiger partial charge is 0.489 e. The Labute approximate surface area is 196 Å². The Bertz CT molecular complexity index is 1270. The first-order valence-corrected chi connectivity index (χ1v) is 10.8. The van der Waals surface area contributed by atoms with Gasteiger partial charge in [0.05, 0.1) is 17.2 Å². The molecule has 0 bridgehead atoms. The Balaban J connectivity index is 1.38. The lowest BCUT2D eigenvalue weighted by atomic mass is 10.1. The van der Waals surface area contributed by atoms with Crippen molar-refractivity contribution >= 4 is 39.4 Å². The van der Waals surface area contributed by atoms with E-state index in [0.29, 0.717) is 35.0 Å². The molecule has 0 atom stereocenters. The molecule has 0 aliphatic carbocycles. The third-order valence-electron chi connectivity index (χ3n) is 5.04. The van der Waals surface area contributed by atoms with Gasteiger partial charge < -0.3 is 18.9 Å². The molecule has 2 heterocycles. The molecule has 32 heavy (non-hydrogen) atoms. The molecule has 3 aromatic carbocycles. The molecular formula is C24H15BrClFO5. The SMILES string of the molecule is O=C1/C(=C/c2cc(Br)cc3c2OCOC3)Oc2cc(OCc3ccc(F)cc3Cl)ccc21. The second kappa shape index (κ2) is 8.58. The van der Waals surface area contributed by atoms with Crippen molar-refractivity contribution in [3.63, 3.8) is 0 Å². The minimum absolute atomic E-state index is 0.151. The van der Waals surface area contributed by atoms with Gasteiger partial charge in [0.25, 0.3) is 0 Å². The van der Waals surface area contributed by atoms with Gasteiger partial charge in [-0.05, 0) is 42.5 Å². The second-order valence-corrected chi connectivity index (χ2v) is 8.54. The fraction of sp³-hybridized carbons (Fsp3) is 0.125. The number of halogens is 3. The molecule has 5 rings (SSSR count). The van der Waals surface area contributed by atoms with Crippen molar-refractivity contribution in [2.45, 2.75) is 13.2 Å². The topological polar surface area (TPSA) is 54.0 Å². The van der Waals surface area contributed by atoms with Crippen LogP contribution < -0.4 is 14.2 Å². The van der Waals surface area contributed by atoms with Gasteiger partial charge in [0, 0.05) is 27.2 Å². The lowest BCUT2D eigenvalue weighted by Crippen LogP contribution is -2.12. The summed E-state index contributed by atoms with van der Waals surface area (Å²) in [7, 11) is 0. The molecule has 8 heteroatoms. The number of hydrogen-bond donors (Lipinski definition) is 0. The molecule has 3 aromatic rings. The van der Waals surface area contributed by atoms with Gasteiger partial charge in [0.15, 0.2) is 12.6 Å². The molecule has 0 unspecified atom stereocenters. The number of Topliss-reactive ketones (excluding diaryl/α,β-unsaturated/α-hetero) is 1. The number of hydrogen-bond acceptors (Lipinski definition) is 5. The third kappa shape index (κ3) is 4.11. The number of carbonyl (C=O) groups excluding carboxylic acids is 1. The van der Waals surface area contributed by atoms with Crippen LogP contribution in [0.3, 0.4) is 0 Å². The molecule has 0 N–H and O–H groups in total. The monoisotopic (exact) mass is 516 g/mol. The first-order valence-electron chi connectivity index (χ1n) is 9.66. The Morgan fingerprint density at radius 2 is 2.03 bits per heavy atom. The predicted molar refractivity (Wildman–Crippen MR) is 120 cm³/mol. The maximum atomic E-state index is 13.2. The molecule has 2 aliphatic rings. The van der Waals surface area contributed by atoms with E-state index in [9.17, 15) is 9.18 Å². The Morgan fingerprint density at radius 1 is 1.16 bits per heavy atom. The smallest absolute Gasteiger partial charge is 0.231 e. The van der Waals surface area contributed by atoms with Crippen LogP contribution in [-0.2, 0) is 18.0 Å². The number of rotatable bonds is 4. The summed E-state index contributed by atoms with van der Waals surface area (Å²) < 4.78 is 36.6. The maximum Gasteiger partial charge on any atom is 0.231 e. The maximum absolute atomic E-state index is 13.2. The molecule has 0 spiro atoms. The molecule has 0 saturated carbocycles. The Morgan fingerprint density at radius 3 is 2.88 bits per heavy atom. The third-order valence-corrected chi connectivity index (χ3v) is 5.85. The van der Waals surface area contributed by atoms with Crippen LogP contribution in [0.25, 0.3) is 6.08 Å². The van der Waals surface area contributed by atoms with Crippen molar-refractivity contribution in [2.75, 3.05) is 6.79 Å². The van der Waals surface area contributed by atoms with E-state index >= 15 is 0 Å². The van der Waals surface area contributed by atoms with Gasteiger partial charge in [-0.2, -0.15) is 0 Å². The zero-order valence-corrected chi connectivity index (χ0v) is 18.8. The van der Waals surface area contributed by atoms with Crippen LogP contribution in [0.4, 0.5) is 4.39 Å². The number of fused-ring (bicyclic) bond motifs is 2. The minimum atomic E-state index is -0.410. The minimum Gasteiger partial charge on any atom is -0.489 e. The molecule has 0 fully saturated rings. The summed E-state index contributed by atoms with van der Waals surface area (Å²) >= 11 is 9.52. The molecule has 162 valence electrons. The zero-order chi connectivity index (χ0) is 22.2. The summed E-state index contributed by atoms with van der Waals surface area (Å²) in [5.41, 5.74) is 2.69. The lowest BCUT2D eigenvalue weighted by Gasteiger charge is -2.20. The highest BCUT2D eigenvalue weighted by atomic mass is 79.9. The van der Waals surface area contributed by atoms with Gasteiger partial charge in [-0.25, -0.2) is 4.39 Å². The number of carbonyl (C=O) groups is 1. The standard InChI is InChI=1S/C24H15BrClFO5/c25-16-5-14(24-15(6-16)10-29-12-31-24)7-22-23(28)19-4-3-18(9-21(19)32-22)30-11-13-1-2-17(27)8-20(13)26/h1-9H,10-12H2/b22-7-. The van der Waals surface area contributed by atoms with Gasteiger partial charge in [0.1, 0.15) is 29.7 Å². The summed E-state index contributed by atoms with van der Waals surface area (Å²) in [6, 6.07) is 12.9. The molecule has 2 aliphatic heterocycles. The van der Waals surface area contributed by atoms with E-state index in [4.69, 9.17) is 30.5 Å².